The molecular weight excluding hydrogens is 242 g/mol. The molecule has 1 heterocycles. The highest BCUT2D eigenvalue weighted by atomic mass is 35.5. The summed E-state index contributed by atoms with van der Waals surface area (Å²) >= 11 is 0. The molecule has 1 rings (SSSR count). The fourth-order valence-corrected chi connectivity index (χ4v) is 1.60. The van der Waals surface area contributed by atoms with Crippen molar-refractivity contribution in [3.05, 3.63) is 0 Å². The first-order valence-electron chi connectivity index (χ1n) is 5.87. The molecule has 1 aliphatic heterocycles. The lowest BCUT2D eigenvalue weighted by atomic mass is 10.1. The maximum Gasteiger partial charge on any atom is 0.224 e. The molecule has 0 bridgehead atoms. The van der Waals surface area contributed by atoms with E-state index in [1.165, 1.54) is 0 Å². The normalized spacial score (nSPS) is 18.6. The van der Waals surface area contributed by atoms with Crippen molar-refractivity contribution in [3.8, 4) is 0 Å². The average Bonchev–Trinajstić information content (AvgIpc) is 2.76. The van der Waals surface area contributed by atoms with E-state index in [2.05, 4.69) is 16.0 Å². The van der Waals surface area contributed by atoms with Crippen LogP contribution in [0.15, 0.2) is 0 Å². The molecule has 2 amide bonds. The lowest BCUT2D eigenvalue weighted by Crippen LogP contribution is -2.39. The zero-order valence-electron chi connectivity index (χ0n) is 10.4. The first-order valence-corrected chi connectivity index (χ1v) is 5.87. The van der Waals surface area contributed by atoms with E-state index in [1.54, 1.807) is 0 Å². The minimum Gasteiger partial charge on any atom is -0.354 e. The highest BCUT2D eigenvalue weighted by Gasteiger charge is 2.21. The zero-order valence-corrected chi connectivity index (χ0v) is 11.2. The standard InChI is InChI=1S/C11H21N3O2.ClH/c1-8(2)10(15)13-5-6-14-11(16)9-3-4-12-7-9;/h8-9,12H,3-7H2,1-2H3,(H,13,15)(H,14,16);1H. The van der Waals surface area contributed by atoms with E-state index >= 15 is 0 Å². The van der Waals surface area contributed by atoms with E-state index in [9.17, 15) is 9.59 Å². The Morgan fingerprint density at radius 3 is 2.47 bits per heavy atom. The lowest BCUT2D eigenvalue weighted by Gasteiger charge is -2.11. The quantitative estimate of drug-likeness (QED) is 0.607. The SMILES string of the molecule is CC(C)C(=O)NCCNC(=O)C1CCNC1.Cl. The van der Waals surface area contributed by atoms with Crippen LogP contribution < -0.4 is 16.0 Å². The van der Waals surface area contributed by atoms with Gasteiger partial charge in [-0.25, -0.2) is 0 Å². The number of hydrogen-bond acceptors (Lipinski definition) is 3. The topological polar surface area (TPSA) is 70.2 Å². The van der Waals surface area contributed by atoms with Gasteiger partial charge in [0, 0.05) is 25.6 Å². The van der Waals surface area contributed by atoms with Gasteiger partial charge in [0.15, 0.2) is 0 Å². The molecular formula is C11H22ClN3O2. The molecule has 100 valence electrons. The Balaban J connectivity index is 0.00000256. The van der Waals surface area contributed by atoms with E-state index in [-0.39, 0.29) is 36.1 Å². The van der Waals surface area contributed by atoms with E-state index in [0.29, 0.717) is 13.1 Å². The van der Waals surface area contributed by atoms with Gasteiger partial charge in [-0.1, -0.05) is 13.8 Å². The predicted molar refractivity (Wildman–Crippen MR) is 69.1 cm³/mol. The highest BCUT2D eigenvalue weighted by Crippen LogP contribution is 2.06. The number of carbonyl (C=O) groups excluding carboxylic acids is 2. The molecule has 0 aromatic heterocycles. The van der Waals surface area contributed by atoms with Crippen molar-refractivity contribution in [1.82, 2.24) is 16.0 Å². The summed E-state index contributed by atoms with van der Waals surface area (Å²) in [6, 6.07) is 0. The second-order valence-corrected chi connectivity index (χ2v) is 4.43. The molecule has 1 atom stereocenters. The van der Waals surface area contributed by atoms with Crippen molar-refractivity contribution in [2.75, 3.05) is 26.2 Å². The van der Waals surface area contributed by atoms with Gasteiger partial charge < -0.3 is 16.0 Å². The summed E-state index contributed by atoms with van der Waals surface area (Å²) < 4.78 is 0. The molecule has 0 spiro atoms. The lowest BCUT2D eigenvalue weighted by molar-refractivity contribution is -0.126. The minimum absolute atomic E-state index is 0. The van der Waals surface area contributed by atoms with Crippen molar-refractivity contribution >= 4 is 24.2 Å². The first-order chi connectivity index (χ1) is 7.61. The Morgan fingerprint density at radius 1 is 1.29 bits per heavy atom. The third kappa shape index (κ3) is 5.89. The highest BCUT2D eigenvalue weighted by molar-refractivity contribution is 5.85. The summed E-state index contributed by atoms with van der Waals surface area (Å²) in [4.78, 5) is 22.8. The second kappa shape index (κ2) is 8.31. The predicted octanol–water partition coefficient (Wildman–Crippen LogP) is -0.0939. The van der Waals surface area contributed by atoms with Crippen molar-refractivity contribution in [1.29, 1.82) is 0 Å². The summed E-state index contributed by atoms with van der Waals surface area (Å²) in [6.45, 7) is 6.39. The van der Waals surface area contributed by atoms with Crippen LogP contribution in [0.2, 0.25) is 0 Å². The van der Waals surface area contributed by atoms with Crippen molar-refractivity contribution < 1.29 is 9.59 Å². The summed E-state index contributed by atoms with van der Waals surface area (Å²) in [5.74, 6) is 0.205. The molecule has 17 heavy (non-hydrogen) atoms. The molecule has 0 saturated carbocycles. The molecule has 1 unspecified atom stereocenters. The van der Waals surface area contributed by atoms with Gasteiger partial charge >= 0.3 is 0 Å². The summed E-state index contributed by atoms with van der Waals surface area (Å²) in [6.07, 6.45) is 0.907. The Morgan fingerprint density at radius 2 is 1.94 bits per heavy atom. The number of amides is 2. The Bertz CT molecular complexity index is 253. The van der Waals surface area contributed by atoms with E-state index in [4.69, 9.17) is 0 Å². The van der Waals surface area contributed by atoms with Crippen LogP contribution in [0.25, 0.3) is 0 Å². The van der Waals surface area contributed by atoms with Gasteiger partial charge in [-0.05, 0) is 13.0 Å². The minimum atomic E-state index is -0.00488. The molecule has 5 nitrogen and oxygen atoms in total. The number of hydrogen-bond donors (Lipinski definition) is 3. The molecule has 0 aromatic carbocycles. The molecule has 6 heteroatoms. The van der Waals surface area contributed by atoms with Gasteiger partial charge in [0.25, 0.3) is 0 Å². The van der Waals surface area contributed by atoms with Crippen LogP contribution in [0, 0.1) is 11.8 Å². The maximum atomic E-state index is 11.6. The van der Waals surface area contributed by atoms with Gasteiger partial charge in [0.2, 0.25) is 11.8 Å². The maximum absolute atomic E-state index is 11.6. The third-order valence-corrected chi connectivity index (χ3v) is 2.68. The van der Waals surface area contributed by atoms with E-state index < -0.39 is 0 Å². The van der Waals surface area contributed by atoms with Crippen molar-refractivity contribution in [2.24, 2.45) is 11.8 Å². The molecule has 3 N–H and O–H groups in total. The second-order valence-electron chi connectivity index (χ2n) is 4.43. The first kappa shape index (κ1) is 16.2. The molecule has 1 saturated heterocycles. The van der Waals surface area contributed by atoms with Gasteiger partial charge in [0.1, 0.15) is 0 Å². The van der Waals surface area contributed by atoms with Gasteiger partial charge in [0.05, 0.1) is 5.92 Å². The third-order valence-electron chi connectivity index (χ3n) is 2.68. The summed E-state index contributed by atoms with van der Waals surface area (Å²) in [5, 5.41) is 8.73. The Labute approximate surface area is 109 Å². The van der Waals surface area contributed by atoms with Gasteiger partial charge in [-0.15, -0.1) is 12.4 Å². The molecule has 0 radical (unpaired) electrons. The van der Waals surface area contributed by atoms with Crippen molar-refractivity contribution in [3.63, 3.8) is 0 Å². The monoisotopic (exact) mass is 263 g/mol. The van der Waals surface area contributed by atoms with Crippen LogP contribution in [-0.2, 0) is 9.59 Å². The number of rotatable bonds is 5. The number of halogens is 1. The van der Waals surface area contributed by atoms with Gasteiger partial charge in [-0.3, -0.25) is 9.59 Å². The molecule has 1 aliphatic rings. The van der Waals surface area contributed by atoms with Gasteiger partial charge in [-0.2, -0.15) is 0 Å². The summed E-state index contributed by atoms with van der Waals surface area (Å²) in [7, 11) is 0. The van der Waals surface area contributed by atoms with Crippen LogP contribution in [0.4, 0.5) is 0 Å². The van der Waals surface area contributed by atoms with E-state index in [1.807, 2.05) is 13.8 Å². The fourth-order valence-electron chi connectivity index (χ4n) is 1.60. The largest absolute Gasteiger partial charge is 0.354 e. The van der Waals surface area contributed by atoms with Crippen LogP contribution in [-0.4, -0.2) is 38.0 Å². The van der Waals surface area contributed by atoms with Crippen molar-refractivity contribution in [2.45, 2.75) is 20.3 Å². The number of nitrogens with one attached hydrogen (secondary N) is 3. The zero-order chi connectivity index (χ0) is 12.0. The number of carbonyl (C=O) groups is 2. The molecule has 0 aliphatic carbocycles. The Kier molecular flexibility index (Phi) is 7.91. The summed E-state index contributed by atoms with van der Waals surface area (Å²) in [5.41, 5.74) is 0. The average molecular weight is 264 g/mol. The Hall–Kier alpha value is -0.810. The van der Waals surface area contributed by atoms with Crippen LogP contribution in [0.1, 0.15) is 20.3 Å². The smallest absolute Gasteiger partial charge is 0.224 e. The van der Waals surface area contributed by atoms with Crippen LogP contribution in [0.3, 0.4) is 0 Å². The fraction of sp³-hybridized carbons (Fsp3) is 0.818. The van der Waals surface area contributed by atoms with E-state index in [0.717, 1.165) is 19.5 Å². The molecule has 1 fully saturated rings. The van der Waals surface area contributed by atoms with Crippen LogP contribution >= 0.6 is 12.4 Å². The van der Waals surface area contributed by atoms with Crippen LogP contribution in [0.5, 0.6) is 0 Å². The molecule has 0 aromatic rings.